The van der Waals surface area contributed by atoms with Crippen LogP contribution in [0.4, 0.5) is 4.39 Å². The van der Waals surface area contributed by atoms with Crippen LogP contribution in [0.15, 0.2) is 0 Å². The molecule has 1 N–H and O–H groups in total. The fourth-order valence-corrected chi connectivity index (χ4v) is 2.43. The van der Waals surface area contributed by atoms with E-state index >= 15 is 0 Å². The van der Waals surface area contributed by atoms with Crippen molar-refractivity contribution in [1.29, 1.82) is 0 Å². The average molecular weight is 172 g/mol. The molecule has 0 spiro atoms. The highest BCUT2D eigenvalue weighted by Gasteiger charge is 2.32. The van der Waals surface area contributed by atoms with Gasteiger partial charge in [0.2, 0.25) is 0 Å². The van der Waals surface area contributed by atoms with E-state index in [1.165, 1.54) is 13.0 Å². The molecule has 3 heteroatoms. The van der Waals surface area contributed by atoms with Gasteiger partial charge in [-0.1, -0.05) is 0 Å². The van der Waals surface area contributed by atoms with Crippen molar-refractivity contribution in [2.24, 2.45) is 11.8 Å². The summed E-state index contributed by atoms with van der Waals surface area (Å²) in [6, 6.07) is 0. The van der Waals surface area contributed by atoms with Crippen LogP contribution in [0, 0.1) is 11.8 Å². The summed E-state index contributed by atoms with van der Waals surface area (Å²) in [6.07, 6.45) is 1.26. The van der Waals surface area contributed by atoms with E-state index in [1.807, 2.05) is 0 Å². The van der Waals surface area contributed by atoms with E-state index in [9.17, 15) is 4.39 Å². The van der Waals surface area contributed by atoms with E-state index in [0.717, 1.165) is 31.5 Å². The molecule has 0 aromatic heterocycles. The normalized spacial score (nSPS) is 36.8. The molecule has 0 amide bonds. The number of nitrogens with zero attached hydrogens (tertiary/aromatic N) is 1. The Hall–Kier alpha value is -0.150. The second-order valence-electron chi connectivity index (χ2n) is 3.96. The van der Waals surface area contributed by atoms with Gasteiger partial charge in [0.15, 0.2) is 0 Å². The standard InChI is InChI=1S/C9H17FN2/c10-2-4-12-3-1-8-5-11-6-9(8)7-12/h8-9,11H,1-7H2. The molecule has 2 heterocycles. The summed E-state index contributed by atoms with van der Waals surface area (Å²) in [6.45, 7) is 5.00. The van der Waals surface area contributed by atoms with Crippen molar-refractivity contribution in [3.8, 4) is 0 Å². The minimum absolute atomic E-state index is 0.190. The Balaban J connectivity index is 1.84. The molecule has 2 unspecified atom stereocenters. The van der Waals surface area contributed by atoms with Crippen molar-refractivity contribution in [1.82, 2.24) is 10.2 Å². The zero-order valence-corrected chi connectivity index (χ0v) is 7.43. The van der Waals surface area contributed by atoms with Crippen molar-refractivity contribution in [2.45, 2.75) is 6.42 Å². The van der Waals surface area contributed by atoms with Gasteiger partial charge in [0.1, 0.15) is 6.67 Å². The first-order valence-corrected chi connectivity index (χ1v) is 4.89. The maximum Gasteiger partial charge on any atom is 0.102 e. The van der Waals surface area contributed by atoms with Crippen molar-refractivity contribution >= 4 is 0 Å². The highest BCUT2D eigenvalue weighted by Crippen LogP contribution is 2.25. The lowest BCUT2D eigenvalue weighted by Gasteiger charge is -2.33. The molecule has 0 aliphatic carbocycles. The monoisotopic (exact) mass is 172 g/mol. The SMILES string of the molecule is FCCN1CCC2CNCC2C1. The van der Waals surface area contributed by atoms with Crippen molar-refractivity contribution < 1.29 is 4.39 Å². The summed E-state index contributed by atoms with van der Waals surface area (Å²) in [7, 11) is 0. The van der Waals surface area contributed by atoms with Gasteiger partial charge in [-0.05, 0) is 37.9 Å². The Morgan fingerprint density at radius 1 is 1.33 bits per heavy atom. The van der Waals surface area contributed by atoms with Crippen molar-refractivity contribution in [3.63, 3.8) is 0 Å². The van der Waals surface area contributed by atoms with E-state index in [-0.39, 0.29) is 6.67 Å². The zero-order valence-electron chi connectivity index (χ0n) is 7.43. The number of hydrogen-bond acceptors (Lipinski definition) is 2. The zero-order chi connectivity index (χ0) is 8.39. The van der Waals surface area contributed by atoms with Gasteiger partial charge in [-0.25, -0.2) is 4.39 Å². The second kappa shape index (κ2) is 3.71. The Morgan fingerprint density at radius 3 is 3.00 bits per heavy atom. The summed E-state index contributed by atoms with van der Waals surface area (Å²) in [5.74, 6) is 1.67. The van der Waals surface area contributed by atoms with Gasteiger partial charge in [0, 0.05) is 13.1 Å². The Kier molecular flexibility index (Phi) is 2.61. The Labute approximate surface area is 73.1 Å². The number of rotatable bonds is 2. The highest BCUT2D eigenvalue weighted by molar-refractivity contribution is 4.87. The molecular formula is C9H17FN2. The average Bonchev–Trinajstić information content (AvgIpc) is 2.51. The minimum Gasteiger partial charge on any atom is -0.316 e. The van der Waals surface area contributed by atoms with Crippen LogP contribution in [0.5, 0.6) is 0 Å². The van der Waals surface area contributed by atoms with Crippen LogP contribution in [-0.4, -0.2) is 44.3 Å². The number of piperidine rings is 1. The summed E-state index contributed by atoms with van der Waals surface area (Å²) in [5, 5.41) is 3.41. The van der Waals surface area contributed by atoms with Crippen LogP contribution in [0.3, 0.4) is 0 Å². The Morgan fingerprint density at radius 2 is 2.17 bits per heavy atom. The third-order valence-electron chi connectivity index (χ3n) is 3.19. The van der Waals surface area contributed by atoms with E-state index in [0.29, 0.717) is 6.54 Å². The first kappa shape index (κ1) is 8.45. The van der Waals surface area contributed by atoms with Crippen molar-refractivity contribution in [3.05, 3.63) is 0 Å². The van der Waals surface area contributed by atoms with Gasteiger partial charge in [0.05, 0.1) is 0 Å². The van der Waals surface area contributed by atoms with Gasteiger partial charge in [-0.15, -0.1) is 0 Å². The van der Waals surface area contributed by atoms with E-state index in [4.69, 9.17) is 0 Å². The fourth-order valence-electron chi connectivity index (χ4n) is 2.43. The molecule has 70 valence electrons. The first-order valence-electron chi connectivity index (χ1n) is 4.89. The second-order valence-corrected chi connectivity index (χ2v) is 3.96. The molecule has 2 nitrogen and oxygen atoms in total. The van der Waals surface area contributed by atoms with Gasteiger partial charge >= 0.3 is 0 Å². The smallest absolute Gasteiger partial charge is 0.102 e. The van der Waals surface area contributed by atoms with Gasteiger partial charge in [-0.3, -0.25) is 0 Å². The number of fused-ring (bicyclic) bond motifs is 1. The van der Waals surface area contributed by atoms with E-state index < -0.39 is 0 Å². The van der Waals surface area contributed by atoms with Crippen LogP contribution in [0.2, 0.25) is 0 Å². The lowest BCUT2D eigenvalue weighted by molar-refractivity contribution is 0.140. The molecule has 0 aromatic rings. The number of alkyl halides is 1. The molecule has 2 aliphatic rings. The van der Waals surface area contributed by atoms with E-state index in [1.54, 1.807) is 0 Å². The molecule has 2 fully saturated rings. The maximum absolute atomic E-state index is 12.1. The topological polar surface area (TPSA) is 15.3 Å². The third-order valence-corrected chi connectivity index (χ3v) is 3.19. The van der Waals surface area contributed by atoms with Crippen LogP contribution in [0.25, 0.3) is 0 Å². The summed E-state index contributed by atoms with van der Waals surface area (Å²) in [5.41, 5.74) is 0. The fraction of sp³-hybridized carbons (Fsp3) is 1.00. The third kappa shape index (κ3) is 1.62. The van der Waals surface area contributed by atoms with Gasteiger partial charge < -0.3 is 10.2 Å². The maximum atomic E-state index is 12.1. The molecule has 2 aliphatic heterocycles. The van der Waals surface area contributed by atoms with Gasteiger partial charge in [-0.2, -0.15) is 0 Å². The number of hydrogen-bond donors (Lipinski definition) is 1. The lowest BCUT2D eigenvalue weighted by atomic mass is 9.89. The molecule has 0 radical (unpaired) electrons. The molecule has 12 heavy (non-hydrogen) atoms. The summed E-state index contributed by atoms with van der Waals surface area (Å²) < 4.78 is 12.1. The predicted molar refractivity (Wildman–Crippen MR) is 46.9 cm³/mol. The summed E-state index contributed by atoms with van der Waals surface area (Å²) in [4.78, 5) is 2.26. The minimum atomic E-state index is -0.190. The molecule has 2 atom stereocenters. The highest BCUT2D eigenvalue weighted by atomic mass is 19.1. The molecule has 0 aromatic carbocycles. The largest absolute Gasteiger partial charge is 0.316 e. The Bertz CT molecular complexity index is 151. The van der Waals surface area contributed by atoms with E-state index in [2.05, 4.69) is 10.2 Å². The predicted octanol–water partition coefficient (Wildman–Crippen LogP) is 0.497. The summed E-state index contributed by atoms with van der Waals surface area (Å²) >= 11 is 0. The molecule has 2 saturated heterocycles. The van der Waals surface area contributed by atoms with Crippen LogP contribution in [-0.2, 0) is 0 Å². The molecular weight excluding hydrogens is 155 g/mol. The van der Waals surface area contributed by atoms with Crippen LogP contribution < -0.4 is 5.32 Å². The number of nitrogens with one attached hydrogen (secondary N) is 1. The van der Waals surface area contributed by atoms with Gasteiger partial charge in [0.25, 0.3) is 0 Å². The lowest BCUT2D eigenvalue weighted by Crippen LogP contribution is -2.40. The molecule has 2 rings (SSSR count). The number of halogens is 1. The quantitative estimate of drug-likeness (QED) is 0.652. The van der Waals surface area contributed by atoms with Crippen molar-refractivity contribution in [2.75, 3.05) is 39.4 Å². The molecule has 0 saturated carbocycles. The number of likely N-dealkylation sites (tertiary alicyclic amines) is 1. The molecule has 0 bridgehead atoms. The first-order chi connectivity index (χ1) is 5.90. The van der Waals surface area contributed by atoms with Crippen LogP contribution >= 0.6 is 0 Å². The van der Waals surface area contributed by atoms with Crippen LogP contribution in [0.1, 0.15) is 6.42 Å².